The molecule has 0 spiro atoms. The van der Waals surface area contributed by atoms with Crippen molar-refractivity contribution in [2.75, 3.05) is 19.6 Å². The van der Waals surface area contributed by atoms with Crippen LogP contribution in [0.2, 0.25) is 0 Å². The molecule has 512 valence electrons. The molecule has 0 radical (unpaired) electrons. The van der Waals surface area contributed by atoms with Gasteiger partial charge in [0, 0.05) is 67.6 Å². The van der Waals surface area contributed by atoms with E-state index in [0.29, 0.717) is 0 Å². The zero-order chi connectivity index (χ0) is 72.2. The van der Waals surface area contributed by atoms with Gasteiger partial charge in [-0.3, -0.25) is 0 Å². The molecule has 0 heterocycles. The van der Waals surface area contributed by atoms with Crippen molar-refractivity contribution in [3.8, 4) is 11.1 Å². The van der Waals surface area contributed by atoms with Crippen LogP contribution in [0.3, 0.4) is 0 Å². The molecule has 1 aliphatic rings. The largest absolute Gasteiger partial charge is 0.310 e. The van der Waals surface area contributed by atoms with E-state index in [1.165, 1.54) is 109 Å². The third-order valence-corrected chi connectivity index (χ3v) is 22.2. The maximum atomic E-state index is 2.47. The molecule has 0 aromatic heterocycles. The van der Waals surface area contributed by atoms with Crippen molar-refractivity contribution in [1.82, 2.24) is 0 Å². The number of hydrogen-bond acceptors (Lipinski definition) is 4. The maximum Gasteiger partial charge on any atom is 0.0720 e. The summed E-state index contributed by atoms with van der Waals surface area (Å²) in [6.45, 7) is 0. The molecule has 0 amide bonds. The smallest absolute Gasteiger partial charge is 0.0720 e. The third-order valence-electron chi connectivity index (χ3n) is 22.2. The van der Waals surface area contributed by atoms with E-state index >= 15 is 0 Å². The Balaban J connectivity index is 0.000000145. The highest BCUT2D eigenvalue weighted by Gasteiger charge is 2.48. The Kier molecular flexibility index (Phi) is 16.1. The normalized spacial score (nSPS) is 12.1. The molecule has 0 saturated heterocycles. The number of fused-ring (bicyclic) bond motifs is 10. The van der Waals surface area contributed by atoms with Gasteiger partial charge in [0.25, 0.3) is 0 Å². The first-order valence-electron chi connectivity index (χ1n) is 37.5. The molecule has 0 bridgehead atoms. The zero-order valence-corrected chi connectivity index (χ0v) is 59.9. The molecule has 0 N–H and O–H groups in total. The molecule has 20 aromatic rings. The first kappa shape index (κ1) is 64.3. The molecule has 0 aliphatic heterocycles. The van der Waals surface area contributed by atoms with E-state index < -0.39 is 5.41 Å². The van der Waals surface area contributed by atoms with Crippen LogP contribution in [-0.4, -0.2) is 0 Å². The molecule has 4 nitrogen and oxygen atoms in total. The molecule has 20 aromatic carbocycles. The second-order valence-electron chi connectivity index (χ2n) is 28.2. The molecule has 0 fully saturated rings. The second kappa shape index (κ2) is 27.3. The summed E-state index contributed by atoms with van der Waals surface area (Å²) in [6, 6.07) is 159. The van der Waals surface area contributed by atoms with Gasteiger partial charge in [0.15, 0.2) is 0 Å². The number of anilines is 12. The minimum Gasteiger partial charge on any atom is -0.310 e. The fraction of sp³-hybridized carbons (Fsp3) is 0.00952. The van der Waals surface area contributed by atoms with Gasteiger partial charge in [0.2, 0.25) is 0 Å². The quantitative estimate of drug-likeness (QED) is 0.101. The zero-order valence-electron chi connectivity index (χ0n) is 59.9. The van der Waals surface area contributed by atoms with Crippen LogP contribution in [0.5, 0.6) is 0 Å². The topological polar surface area (TPSA) is 13.0 Å². The molecule has 4 heteroatoms. The van der Waals surface area contributed by atoms with Crippen molar-refractivity contribution in [3.05, 3.63) is 459 Å². The van der Waals surface area contributed by atoms with Crippen molar-refractivity contribution >= 4 is 144 Å². The minimum atomic E-state index is -0.634. The average Bonchev–Trinajstić information content (AvgIpc) is 1.52. The maximum absolute atomic E-state index is 2.47. The lowest BCUT2D eigenvalue weighted by Crippen LogP contribution is -2.29. The number of rotatable bonds is 14. The molecule has 0 saturated carbocycles. The van der Waals surface area contributed by atoms with E-state index in [1.807, 2.05) is 0 Å². The van der Waals surface area contributed by atoms with E-state index in [1.54, 1.807) is 0 Å². The molecule has 0 unspecified atom stereocenters. The number of hydrogen-bond donors (Lipinski definition) is 0. The van der Waals surface area contributed by atoms with Gasteiger partial charge in [-0.25, -0.2) is 0 Å². The van der Waals surface area contributed by atoms with Crippen LogP contribution in [0.1, 0.15) is 22.3 Å². The lowest BCUT2D eigenvalue weighted by Gasteiger charge is -2.36. The first-order valence-corrected chi connectivity index (χ1v) is 37.5. The van der Waals surface area contributed by atoms with Crippen molar-refractivity contribution in [2.24, 2.45) is 0 Å². The van der Waals surface area contributed by atoms with Gasteiger partial charge >= 0.3 is 0 Å². The number of benzene rings is 20. The molecular weight excluding hydrogens is 1320 g/mol. The predicted octanol–water partition coefficient (Wildman–Crippen LogP) is 29.1. The number of para-hydroxylation sites is 6. The monoisotopic (exact) mass is 1390 g/mol. The first-order chi connectivity index (χ1) is 54.1. The standard InChI is InChI=1S/C57H40N2.C48H32N2/c1-7-21-41(22-8-1)57(42-23-9-2-10-24-42)54-40-48(59(45-29-15-5-16-30-45)46-31-17-6-18-32-46)36-38-52(54)55-50-34-20-19-33-49(50)53-39-47(35-37-51(53)56(55)57)58(43-25-11-3-12-26-43)44-27-13-4-14-28-44;1-3-15-39(16-4-1)49(41-25-19-33-11-7-9-13-37(33)31-41)45-29-23-35-22-28-44-46(30-24-36-21-27-43(45)47(35)48(36)44)50(40-17-5-2-6-18-40)42-26-20-34-12-8-10-14-38(34)32-42/h1-40H;1-32H. The lowest BCUT2D eigenvalue weighted by molar-refractivity contribution is 0.776. The highest BCUT2D eigenvalue weighted by atomic mass is 15.2. The molecule has 1 aliphatic carbocycles. The van der Waals surface area contributed by atoms with Crippen molar-refractivity contribution in [3.63, 3.8) is 0 Å². The Hall–Kier alpha value is -14.3. The van der Waals surface area contributed by atoms with Crippen LogP contribution >= 0.6 is 0 Å². The summed E-state index contributed by atoms with van der Waals surface area (Å²) in [7, 11) is 0. The minimum absolute atomic E-state index is 0.634. The van der Waals surface area contributed by atoms with Crippen LogP contribution in [0.15, 0.2) is 437 Å². The van der Waals surface area contributed by atoms with E-state index in [2.05, 4.69) is 456 Å². The van der Waals surface area contributed by atoms with E-state index in [0.717, 1.165) is 68.2 Å². The highest BCUT2D eigenvalue weighted by molar-refractivity contribution is 6.28. The summed E-state index contributed by atoms with van der Waals surface area (Å²) >= 11 is 0. The van der Waals surface area contributed by atoms with E-state index in [9.17, 15) is 0 Å². The predicted molar refractivity (Wildman–Crippen MR) is 463 cm³/mol. The van der Waals surface area contributed by atoms with Gasteiger partial charge in [0.1, 0.15) is 0 Å². The van der Waals surface area contributed by atoms with Crippen LogP contribution in [0.25, 0.3) is 86.5 Å². The second-order valence-corrected chi connectivity index (χ2v) is 28.2. The Morgan fingerprint density at radius 3 is 0.917 bits per heavy atom. The Morgan fingerprint density at radius 1 is 0.174 bits per heavy atom. The summed E-state index contributed by atoms with van der Waals surface area (Å²) < 4.78 is 0. The van der Waals surface area contributed by atoms with Crippen molar-refractivity contribution < 1.29 is 0 Å². The van der Waals surface area contributed by atoms with Crippen LogP contribution in [0.4, 0.5) is 68.2 Å². The van der Waals surface area contributed by atoms with Crippen LogP contribution in [0, 0.1) is 0 Å². The fourth-order valence-corrected chi connectivity index (χ4v) is 17.5. The third kappa shape index (κ3) is 11.1. The molecular formula is C105H72N4. The SMILES string of the molecule is c1ccc(N(c2ccc3ccccc3c2)c2ccc3ccc4c(N(c5ccccc5)c5ccc6ccccc6c5)ccc5ccc2c3c54)cc1.c1ccc(N(c2ccccc2)c2ccc3c(c2)C(c2ccccc2)(c2ccccc2)c2c-3c3ccccc3c3cc(N(c4ccccc4)c4ccccc4)ccc23)cc1. The summed E-state index contributed by atoms with van der Waals surface area (Å²) in [5.41, 5.74) is 20.5. The molecule has 109 heavy (non-hydrogen) atoms. The van der Waals surface area contributed by atoms with Crippen LogP contribution in [-0.2, 0) is 5.41 Å². The van der Waals surface area contributed by atoms with Crippen LogP contribution < -0.4 is 19.6 Å². The summed E-state index contributed by atoms with van der Waals surface area (Å²) in [4.78, 5) is 9.56. The Bertz CT molecular complexity index is 6400. The van der Waals surface area contributed by atoms with Gasteiger partial charge in [-0.2, -0.15) is 0 Å². The van der Waals surface area contributed by atoms with Crippen molar-refractivity contribution in [2.45, 2.75) is 5.41 Å². The highest BCUT2D eigenvalue weighted by Crippen LogP contribution is 2.62. The summed E-state index contributed by atoms with van der Waals surface area (Å²) in [5.74, 6) is 0. The Labute approximate surface area is 634 Å². The fourth-order valence-electron chi connectivity index (χ4n) is 17.5. The lowest BCUT2D eigenvalue weighted by atomic mass is 9.66. The number of nitrogens with zero attached hydrogens (tertiary/aromatic N) is 4. The molecule has 21 rings (SSSR count). The van der Waals surface area contributed by atoms with E-state index in [-0.39, 0.29) is 0 Å². The summed E-state index contributed by atoms with van der Waals surface area (Å²) in [5, 5.41) is 17.4. The van der Waals surface area contributed by atoms with Crippen molar-refractivity contribution in [1.29, 1.82) is 0 Å². The Morgan fingerprint density at radius 2 is 0.486 bits per heavy atom. The van der Waals surface area contributed by atoms with Gasteiger partial charge in [-0.15, -0.1) is 0 Å². The molecule has 0 atom stereocenters. The van der Waals surface area contributed by atoms with Gasteiger partial charge in [0.05, 0.1) is 16.8 Å². The van der Waals surface area contributed by atoms with E-state index in [4.69, 9.17) is 0 Å². The van der Waals surface area contributed by atoms with Gasteiger partial charge in [-0.05, 0) is 231 Å². The average molecular weight is 1390 g/mol. The summed E-state index contributed by atoms with van der Waals surface area (Å²) in [6.07, 6.45) is 0. The van der Waals surface area contributed by atoms with Gasteiger partial charge in [-0.1, -0.05) is 303 Å². The van der Waals surface area contributed by atoms with Gasteiger partial charge < -0.3 is 19.6 Å².